The zero-order valence-electron chi connectivity index (χ0n) is 8.62. The smallest absolute Gasteiger partial charge is 0.274 e. The van der Waals surface area contributed by atoms with Crippen molar-refractivity contribution < 1.29 is 14.4 Å². The fraction of sp³-hybridized carbons (Fsp3) is 0.200. The summed E-state index contributed by atoms with van der Waals surface area (Å²) in [5.41, 5.74) is 8.41. The summed E-state index contributed by atoms with van der Waals surface area (Å²) in [6, 6.07) is 5.12. The van der Waals surface area contributed by atoms with Crippen molar-refractivity contribution in [3.63, 3.8) is 0 Å². The van der Waals surface area contributed by atoms with Gasteiger partial charge in [-0.2, -0.15) is 0 Å². The molecule has 1 rings (SSSR count). The van der Waals surface area contributed by atoms with E-state index in [1.165, 1.54) is 0 Å². The Balaban J connectivity index is 2.59. The zero-order chi connectivity index (χ0) is 12.1. The first-order valence-electron chi connectivity index (χ1n) is 4.47. The third-order valence-electron chi connectivity index (χ3n) is 1.81. The van der Waals surface area contributed by atoms with Crippen molar-refractivity contribution in [2.75, 3.05) is 6.61 Å². The van der Waals surface area contributed by atoms with E-state index in [1.807, 2.05) is 6.92 Å². The van der Waals surface area contributed by atoms with Crippen LogP contribution in [0.25, 0.3) is 0 Å². The molecular weight excluding hydrogens is 276 g/mol. The molecule has 0 radical (unpaired) electrons. The number of hydrogen-bond donors (Lipinski definition) is 2. The van der Waals surface area contributed by atoms with Gasteiger partial charge in [0.25, 0.3) is 5.91 Å². The maximum Gasteiger partial charge on any atom is 0.274 e. The lowest BCUT2D eigenvalue weighted by atomic mass is 10.1. The number of benzene rings is 1. The quantitative estimate of drug-likeness (QED) is 0.807. The van der Waals surface area contributed by atoms with Gasteiger partial charge in [-0.3, -0.25) is 14.4 Å². The molecule has 5 nitrogen and oxygen atoms in total. The van der Waals surface area contributed by atoms with Gasteiger partial charge in [0, 0.05) is 10.0 Å². The van der Waals surface area contributed by atoms with E-state index >= 15 is 0 Å². The molecule has 0 fully saturated rings. The van der Waals surface area contributed by atoms with Crippen molar-refractivity contribution in [3.8, 4) is 0 Å². The summed E-state index contributed by atoms with van der Waals surface area (Å²) in [6.45, 7) is 1.56. The van der Waals surface area contributed by atoms with Gasteiger partial charge < -0.3 is 5.73 Å². The van der Waals surface area contributed by atoms with Crippen LogP contribution in [0, 0.1) is 6.92 Å². The predicted octanol–water partition coefficient (Wildman–Crippen LogP) is 0.904. The molecule has 6 heteroatoms. The molecular formula is C10H11BrN2O3. The van der Waals surface area contributed by atoms with Gasteiger partial charge in [-0.05, 0) is 24.6 Å². The molecule has 0 aliphatic carbocycles. The number of nitrogens with one attached hydrogen (secondary N) is 1. The second kappa shape index (κ2) is 5.62. The molecule has 0 heterocycles. The Bertz CT molecular complexity index is 421. The highest BCUT2D eigenvalue weighted by Gasteiger charge is 2.07. The highest BCUT2D eigenvalue weighted by Crippen LogP contribution is 2.17. The molecule has 0 saturated carbocycles. The Morgan fingerprint density at radius 1 is 1.50 bits per heavy atom. The molecule has 16 heavy (non-hydrogen) atoms. The average Bonchev–Trinajstić information content (AvgIpc) is 2.21. The number of rotatable bonds is 4. The molecule has 2 amide bonds. The molecule has 3 N–H and O–H groups in total. The molecule has 0 bridgehead atoms. The van der Waals surface area contributed by atoms with Crippen molar-refractivity contribution in [1.29, 1.82) is 0 Å². The Morgan fingerprint density at radius 3 is 2.75 bits per heavy atom. The van der Waals surface area contributed by atoms with Crippen LogP contribution in [0.3, 0.4) is 0 Å². The van der Waals surface area contributed by atoms with Crippen molar-refractivity contribution in [2.24, 2.45) is 5.73 Å². The van der Waals surface area contributed by atoms with Crippen molar-refractivity contribution in [3.05, 3.63) is 33.8 Å². The number of aryl methyl sites for hydroxylation is 1. The lowest BCUT2D eigenvalue weighted by Gasteiger charge is -2.05. The van der Waals surface area contributed by atoms with Crippen LogP contribution < -0.4 is 11.2 Å². The Kier molecular flexibility index (Phi) is 4.45. The molecule has 0 aromatic heterocycles. The van der Waals surface area contributed by atoms with Crippen molar-refractivity contribution in [2.45, 2.75) is 6.92 Å². The van der Waals surface area contributed by atoms with E-state index in [-0.39, 0.29) is 6.61 Å². The van der Waals surface area contributed by atoms with Gasteiger partial charge >= 0.3 is 0 Å². The molecule has 0 unspecified atom stereocenters. The summed E-state index contributed by atoms with van der Waals surface area (Å²) < 4.78 is 0.829. The highest BCUT2D eigenvalue weighted by atomic mass is 79.9. The lowest BCUT2D eigenvalue weighted by molar-refractivity contribution is -0.124. The van der Waals surface area contributed by atoms with E-state index in [1.54, 1.807) is 18.2 Å². The number of hydroxylamine groups is 1. The number of nitrogens with two attached hydrogens (primary N) is 1. The van der Waals surface area contributed by atoms with Crippen LogP contribution in [-0.4, -0.2) is 18.4 Å². The maximum atomic E-state index is 11.5. The summed E-state index contributed by atoms with van der Waals surface area (Å²) in [7, 11) is 0. The number of primary amides is 1. The minimum atomic E-state index is -0.648. The Labute approximate surface area is 101 Å². The zero-order valence-corrected chi connectivity index (χ0v) is 10.2. The second-order valence-electron chi connectivity index (χ2n) is 3.15. The van der Waals surface area contributed by atoms with Gasteiger partial charge in [-0.25, -0.2) is 5.48 Å². The standard InChI is InChI=1S/C10H11BrN2O3/c1-6-2-3-7(4-8(6)11)10(15)13-16-5-9(12)14/h2-4H,5H2,1H3,(H2,12,14)(H,13,15). The van der Waals surface area contributed by atoms with E-state index in [4.69, 9.17) is 5.73 Å². The summed E-state index contributed by atoms with van der Waals surface area (Å²) in [5.74, 6) is -1.08. The highest BCUT2D eigenvalue weighted by molar-refractivity contribution is 9.10. The number of carbonyl (C=O) groups is 2. The third-order valence-corrected chi connectivity index (χ3v) is 2.67. The Hall–Kier alpha value is -1.40. The second-order valence-corrected chi connectivity index (χ2v) is 4.00. The normalized spacial score (nSPS) is 9.88. The largest absolute Gasteiger partial charge is 0.368 e. The van der Waals surface area contributed by atoms with Crippen LogP contribution in [0.1, 0.15) is 15.9 Å². The SMILES string of the molecule is Cc1ccc(C(=O)NOCC(N)=O)cc1Br. The summed E-state index contributed by atoms with van der Waals surface area (Å²) >= 11 is 3.31. The van der Waals surface area contributed by atoms with E-state index in [9.17, 15) is 9.59 Å². The molecule has 0 aliphatic heterocycles. The fourth-order valence-corrected chi connectivity index (χ4v) is 1.34. The van der Waals surface area contributed by atoms with Gasteiger partial charge in [-0.15, -0.1) is 0 Å². The van der Waals surface area contributed by atoms with Crippen LogP contribution in [0.15, 0.2) is 22.7 Å². The number of halogens is 1. The number of hydrogen-bond acceptors (Lipinski definition) is 3. The van der Waals surface area contributed by atoms with Gasteiger partial charge in [0.1, 0.15) is 0 Å². The number of amides is 2. The first kappa shape index (κ1) is 12.7. The summed E-state index contributed by atoms with van der Waals surface area (Å²) in [4.78, 5) is 26.4. The lowest BCUT2D eigenvalue weighted by Crippen LogP contribution is -2.29. The van der Waals surface area contributed by atoms with Crippen LogP contribution in [0.5, 0.6) is 0 Å². The monoisotopic (exact) mass is 286 g/mol. The van der Waals surface area contributed by atoms with Crippen LogP contribution in [0.2, 0.25) is 0 Å². The van der Waals surface area contributed by atoms with Gasteiger partial charge in [0.2, 0.25) is 5.91 Å². The molecule has 86 valence electrons. The van der Waals surface area contributed by atoms with Crippen molar-refractivity contribution in [1.82, 2.24) is 5.48 Å². The fourth-order valence-electron chi connectivity index (χ4n) is 0.966. The number of carbonyl (C=O) groups excluding carboxylic acids is 2. The topological polar surface area (TPSA) is 81.4 Å². The van der Waals surface area contributed by atoms with Gasteiger partial charge in [-0.1, -0.05) is 22.0 Å². The molecule has 0 spiro atoms. The maximum absolute atomic E-state index is 11.5. The first-order chi connectivity index (χ1) is 7.50. The van der Waals surface area contributed by atoms with Gasteiger partial charge in [0.05, 0.1) is 0 Å². The molecule has 0 atom stereocenters. The Morgan fingerprint density at radius 2 is 2.19 bits per heavy atom. The van der Waals surface area contributed by atoms with Gasteiger partial charge in [0.15, 0.2) is 6.61 Å². The van der Waals surface area contributed by atoms with Crippen LogP contribution >= 0.6 is 15.9 Å². The predicted molar refractivity (Wildman–Crippen MR) is 61.5 cm³/mol. The van der Waals surface area contributed by atoms with Crippen molar-refractivity contribution >= 4 is 27.7 Å². The minimum Gasteiger partial charge on any atom is -0.368 e. The molecule has 0 aliphatic rings. The molecule has 0 saturated heterocycles. The molecule has 1 aromatic carbocycles. The third kappa shape index (κ3) is 3.63. The summed E-state index contributed by atoms with van der Waals surface area (Å²) in [6.07, 6.45) is 0. The van der Waals surface area contributed by atoms with E-state index in [0.717, 1.165) is 10.0 Å². The van der Waals surface area contributed by atoms with Crippen LogP contribution in [0.4, 0.5) is 0 Å². The van der Waals surface area contributed by atoms with Crippen LogP contribution in [-0.2, 0) is 9.63 Å². The van der Waals surface area contributed by atoms with E-state index in [0.29, 0.717) is 5.56 Å². The first-order valence-corrected chi connectivity index (χ1v) is 5.26. The average molecular weight is 287 g/mol. The van der Waals surface area contributed by atoms with E-state index < -0.39 is 11.8 Å². The van der Waals surface area contributed by atoms with E-state index in [2.05, 4.69) is 26.2 Å². The summed E-state index contributed by atoms with van der Waals surface area (Å²) in [5, 5.41) is 0. The molecule has 1 aromatic rings. The minimum absolute atomic E-state index is 0.348.